The highest BCUT2D eigenvalue weighted by Gasteiger charge is 2.07. The van der Waals surface area contributed by atoms with Crippen molar-refractivity contribution in [1.29, 1.82) is 5.26 Å². The molecule has 0 saturated heterocycles. The third-order valence-electron chi connectivity index (χ3n) is 2.17. The van der Waals surface area contributed by atoms with E-state index in [1.807, 2.05) is 12.1 Å². The molecule has 0 aromatic carbocycles. The fourth-order valence-electron chi connectivity index (χ4n) is 1.28. The van der Waals surface area contributed by atoms with Gasteiger partial charge in [-0.25, -0.2) is 4.98 Å². The second kappa shape index (κ2) is 8.51. The van der Waals surface area contributed by atoms with Crippen LogP contribution in [0.15, 0.2) is 27.8 Å². The molecule has 0 aliphatic heterocycles. The monoisotopic (exact) mass is 313 g/mol. The summed E-state index contributed by atoms with van der Waals surface area (Å²) in [5, 5.41) is 13.2. The SMILES string of the molecule is CCCNC(C#N)CCSc1ncccc1Br. The highest BCUT2D eigenvalue weighted by molar-refractivity contribution is 9.10. The summed E-state index contributed by atoms with van der Waals surface area (Å²) in [6.07, 6.45) is 3.67. The van der Waals surface area contributed by atoms with Crippen LogP contribution in [0.4, 0.5) is 0 Å². The third-order valence-corrected chi connectivity index (χ3v) is 4.11. The van der Waals surface area contributed by atoms with Gasteiger partial charge < -0.3 is 5.32 Å². The number of thioether (sulfide) groups is 1. The molecule has 3 nitrogen and oxygen atoms in total. The van der Waals surface area contributed by atoms with Gasteiger partial charge in [0.25, 0.3) is 0 Å². The van der Waals surface area contributed by atoms with Gasteiger partial charge in [0.15, 0.2) is 0 Å². The first-order chi connectivity index (χ1) is 8.27. The van der Waals surface area contributed by atoms with Crippen molar-refractivity contribution in [3.63, 3.8) is 0 Å². The molecule has 0 radical (unpaired) electrons. The van der Waals surface area contributed by atoms with Crippen LogP contribution in [0.1, 0.15) is 19.8 Å². The summed E-state index contributed by atoms with van der Waals surface area (Å²) in [4.78, 5) is 4.28. The third kappa shape index (κ3) is 5.53. The maximum absolute atomic E-state index is 8.96. The Morgan fingerprint density at radius 1 is 1.65 bits per heavy atom. The summed E-state index contributed by atoms with van der Waals surface area (Å²) in [6.45, 7) is 3.00. The molecule has 5 heteroatoms. The van der Waals surface area contributed by atoms with E-state index in [0.717, 1.165) is 34.6 Å². The molecule has 1 aromatic rings. The number of nitrogens with one attached hydrogen (secondary N) is 1. The van der Waals surface area contributed by atoms with E-state index in [9.17, 15) is 0 Å². The van der Waals surface area contributed by atoms with Crippen LogP contribution in [-0.4, -0.2) is 23.3 Å². The smallest absolute Gasteiger partial charge is 0.110 e. The topological polar surface area (TPSA) is 48.7 Å². The van der Waals surface area contributed by atoms with E-state index in [1.165, 1.54) is 0 Å². The lowest BCUT2D eigenvalue weighted by atomic mass is 10.2. The molecule has 92 valence electrons. The molecule has 0 aliphatic rings. The molecule has 1 rings (SSSR count). The van der Waals surface area contributed by atoms with Crippen LogP contribution in [0.3, 0.4) is 0 Å². The van der Waals surface area contributed by atoms with E-state index in [2.05, 4.69) is 39.2 Å². The fraction of sp³-hybridized carbons (Fsp3) is 0.500. The predicted octanol–water partition coefficient (Wildman–Crippen LogP) is 3.22. The average Bonchev–Trinajstić information content (AvgIpc) is 2.35. The molecule has 0 fully saturated rings. The summed E-state index contributed by atoms with van der Waals surface area (Å²) >= 11 is 5.13. The lowest BCUT2D eigenvalue weighted by Crippen LogP contribution is -2.28. The number of rotatable bonds is 7. The zero-order chi connectivity index (χ0) is 12.5. The van der Waals surface area contributed by atoms with E-state index in [0.29, 0.717) is 0 Å². The van der Waals surface area contributed by atoms with Gasteiger partial charge in [0.1, 0.15) is 5.03 Å². The summed E-state index contributed by atoms with van der Waals surface area (Å²) in [6, 6.07) is 6.11. The number of nitrogens with zero attached hydrogens (tertiary/aromatic N) is 2. The van der Waals surface area contributed by atoms with Crippen LogP contribution in [0.25, 0.3) is 0 Å². The quantitative estimate of drug-likeness (QED) is 0.785. The summed E-state index contributed by atoms with van der Waals surface area (Å²) in [7, 11) is 0. The Hall–Kier alpha value is -0.570. The first-order valence-electron chi connectivity index (χ1n) is 5.64. The maximum atomic E-state index is 8.96. The molecule has 1 aromatic heterocycles. The van der Waals surface area contributed by atoms with Gasteiger partial charge >= 0.3 is 0 Å². The van der Waals surface area contributed by atoms with Gasteiger partial charge in [-0.15, -0.1) is 11.8 Å². The number of aromatic nitrogens is 1. The number of hydrogen-bond acceptors (Lipinski definition) is 4. The zero-order valence-corrected chi connectivity index (χ0v) is 12.2. The van der Waals surface area contributed by atoms with Gasteiger partial charge in [-0.3, -0.25) is 0 Å². The first-order valence-corrected chi connectivity index (χ1v) is 7.42. The summed E-state index contributed by atoms with van der Waals surface area (Å²) in [5.74, 6) is 0.893. The Bertz CT molecular complexity index is 378. The number of pyridine rings is 1. The van der Waals surface area contributed by atoms with Crippen LogP contribution in [-0.2, 0) is 0 Å². The molecule has 0 bridgehead atoms. The highest BCUT2D eigenvalue weighted by atomic mass is 79.9. The van der Waals surface area contributed by atoms with Gasteiger partial charge in [0, 0.05) is 16.4 Å². The van der Waals surface area contributed by atoms with Crippen molar-refractivity contribution in [3.05, 3.63) is 22.8 Å². The Balaban J connectivity index is 2.32. The van der Waals surface area contributed by atoms with Crippen molar-refractivity contribution in [3.8, 4) is 6.07 Å². The molecule has 1 atom stereocenters. The van der Waals surface area contributed by atoms with E-state index in [1.54, 1.807) is 18.0 Å². The van der Waals surface area contributed by atoms with Gasteiger partial charge in [-0.1, -0.05) is 6.92 Å². The molecule has 0 aliphatic carbocycles. The van der Waals surface area contributed by atoms with Gasteiger partial charge in [0.2, 0.25) is 0 Å². The Morgan fingerprint density at radius 3 is 3.12 bits per heavy atom. The molecule has 0 amide bonds. The lowest BCUT2D eigenvalue weighted by Gasteiger charge is -2.10. The highest BCUT2D eigenvalue weighted by Crippen LogP contribution is 2.25. The fourth-order valence-corrected chi connectivity index (χ4v) is 2.77. The predicted molar refractivity (Wildman–Crippen MR) is 75.0 cm³/mol. The van der Waals surface area contributed by atoms with Crippen molar-refractivity contribution < 1.29 is 0 Å². The number of nitriles is 1. The Kier molecular flexibility index (Phi) is 7.25. The molecule has 17 heavy (non-hydrogen) atoms. The van der Waals surface area contributed by atoms with Gasteiger partial charge in [-0.2, -0.15) is 5.26 Å². The van der Waals surface area contributed by atoms with Crippen LogP contribution in [0, 0.1) is 11.3 Å². The lowest BCUT2D eigenvalue weighted by molar-refractivity contribution is 0.585. The summed E-state index contributed by atoms with van der Waals surface area (Å²) in [5.41, 5.74) is 0. The van der Waals surface area contributed by atoms with Gasteiger partial charge in [0.05, 0.1) is 12.1 Å². The molecule has 0 saturated carbocycles. The maximum Gasteiger partial charge on any atom is 0.110 e. The zero-order valence-electron chi connectivity index (χ0n) is 9.82. The van der Waals surface area contributed by atoms with Gasteiger partial charge in [-0.05, 0) is 47.4 Å². The second-order valence-corrected chi connectivity index (χ2v) is 5.50. The van der Waals surface area contributed by atoms with E-state index < -0.39 is 0 Å². The second-order valence-electron chi connectivity index (χ2n) is 3.56. The largest absolute Gasteiger partial charge is 0.302 e. The minimum Gasteiger partial charge on any atom is -0.302 e. The van der Waals surface area contributed by atoms with Crippen LogP contribution in [0.5, 0.6) is 0 Å². The van der Waals surface area contributed by atoms with Crippen LogP contribution < -0.4 is 5.32 Å². The molecular weight excluding hydrogens is 298 g/mol. The van der Waals surface area contributed by atoms with Crippen molar-refractivity contribution in [2.24, 2.45) is 0 Å². The minimum absolute atomic E-state index is 0.0510. The molecular formula is C12H16BrN3S. The Morgan fingerprint density at radius 2 is 2.47 bits per heavy atom. The molecule has 1 N–H and O–H groups in total. The van der Waals surface area contributed by atoms with E-state index >= 15 is 0 Å². The van der Waals surface area contributed by atoms with Crippen LogP contribution >= 0.6 is 27.7 Å². The van der Waals surface area contributed by atoms with Crippen molar-refractivity contribution in [2.45, 2.75) is 30.8 Å². The average molecular weight is 314 g/mol. The summed E-state index contributed by atoms with van der Waals surface area (Å²) < 4.78 is 1.01. The van der Waals surface area contributed by atoms with Crippen molar-refractivity contribution >= 4 is 27.7 Å². The normalized spacial score (nSPS) is 12.1. The molecule has 1 heterocycles. The standard InChI is InChI=1S/C12H16BrN3S/c1-2-6-15-10(9-14)5-8-17-12-11(13)4-3-7-16-12/h3-4,7,10,15H,2,5-6,8H2,1H3. The molecule has 1 unspecified atom stereocenters. The number of hydrogen-bond donors (Lipinski definition) is 1. The minimum atomic E-state index is -0.0510. The van der Waals surface area contributed by atoms with Crippen molar-refractivity contribution in [2.75, 3.05) is 12.3 Å². The van der Waals surface area contributed by atoms with Crippen LogP contribution in [0.2, 0.25) is 0 Å². The Labute approximate surface area is 115 Å². The van der Waals surface area contributed by atoms with E-state index in [-0.39, 0.29) is 6.04 Å². The number of halogens is 1. The van der Waals surface area contributed by atoms with Crippen molar-refractivity contribution in [1.82, 2.24) is 10.3 Å². The first kappa shape index (κ1) is 14.5. The molecule has 0 spiro atoms. The van der Waals surface area contributed by atoms with E-state index in [4.69, 9.17) is 5.26 Å².